The van der Waals surface area contributed by atoms with Crippen LogP contribution < -0.4 is 13.8 Å². The highest BCUT2D eigenvalue weighted by molar-refractivity contribution is 7.94. The number of ether oxygens (including phenoxy) is 1. The Hall–Kier alpha value is -2.30. The first kappa shape index (κ1) is 20.4. The molecule has 2 aromatic carbocycles. The van der Waals surface area contributed by atoms with Gasteiger partial charge >= 0.3 is 0 Å². The highest BCUT2D eigenvalue weighted by Crippen LogP contribution is 2.30. The van der Waals surface area contributed by atoms with Crippen LogP contribution in [-0.2, 0) is 24.8 Å². The molecule has 1 fully saturated rings. The van der Waals surface area contributed by atoms with E-state index in [9.17, 15) is 21.6 Å². The standard InChI is InChI=1S/C17H17ClN2O6S2/c1-11-10-27(22,23)20(17(11)21)13-4-6-14(7-5-13)28(24,25)19-12-3-8-16(26-2)15(18)9-12/h3-9,11,19H,10H2,1-2H3. The van der Waals surface area contributed by atoms with Gasteiger partial charge < -0.3 is 4.74 Å². The van der Waals surface area contributed by atoms with Crippen molar-refractivity contribution in [1.82, 2.24) is 0 Å². The molecule has 0 spiro atoms. The quantitative estimate of drug-likeness (QED) is 0.758. The van der Waals surface area contributed by atoms with Crippen molar-refractivity contribution in [3.63, 3.8) is 0 Å². The van der Waals surface area contributed by atoms with Crippen molar-refractivity contribution >= 4 is 48.9 Å². The molecule has 11 heteroatoms. The molecule has 1 unspecified atom stereocenters. The summed E-state index contributed by atoms with van der Waals surface area (Å²) in [7, 11) is -6.26. The Balaban J connectivity index is 1.86. The predicted octanol–water partition coefficient (Wildman–Crippen LogP) is 2.46. The third-order valence-corrected chi connectivity index (χ3v) is 7.71. The molecule has 1 aliphatic heterocycles. The van der Waals surface area contributed by atoms with Crippen molar-refractivity contribution in [2.45, 2.75) is 11.8 Å². The van der Waals surface area contributed by atoms with Crippen LogP contribution in [0.1, 0.15) is 6.92 Å². The number of rotatable bonds is 5. The van der Waals surface area contributed by atoms with Crippen LogP contribution in [0.15, 0.2) is 47.4 Å². The topological polar surface area (TPSA) is 110 Å². The van der Waals surface area contributed by atoms with Gasteiger partial charge in [0.15, 0.2) is 0 Å². The summed E-state index contributed by atoms with van der Waals surface area (Å²) in [6.45, 7) is 1.53. The van der Waals surface area contributed by atoms with Crippen molar-refractivity contribution in [2.24, 2.45) is 5.92 Å². The zero-order valence-corrected chi connectivity index (χ0v) is 17.3. The molecule has 3 rings (SSSR count). The molecule has 8 nitrogen and oxygen atoms in total. The second-order valence-corrected chi connectivity index (χ2v) is 10.2. The van der Waals surface area contributed by atoms with Crippen LogP contribution in [0, 0.1) is 5.92 Å². The van der Waals surface area contributed by atoms with Crippen molar-refractivity contribution in [1.29, 1.82) is 0 Å². The van der Waals surface area contributed by atoms with Crippen molar-refractivity contribution in [3.8, 4) is 5.75 Å². The summed E-state index contributed by atoms with van der Waals surface area (Å²) in [5.74, 6) is -1.05. The Morgan fingerprint density at radius 3 is 2.32 bits per heavy atom. The predicted molar refractivity (Wildman–Crippen MR) is 106 cm³/mol. The van der Waals surface area contributed by atoms with E-state index in [1.54, 1.807) is 0 Å². The Morgan fingerprint density at radius 1 is 1.18 bits per heavy atom. The Bertz CT molecular complexity index is 1130. The Labute approximate surface area is 168 Å². The SMILES string of the molecule is COc1ccc(NS(=O)(=O)c2ccc(N3C(=O)C(C)CS3(=O)=O)cc2)cc1Cl. The van der Waals surface area contributed by atoms with Crippen LogP contribution in [0.4, 0.5) is 11.4 Å². The monoisotopic (exact) mass is 444 g/mol. The summed E-state index contributed by atoms with van der Waals surface area (Å²) >= 11 is 6.00. The van der Waals surface area contributed by atoms with Gasteiger partial charge in [-0.05, 0) is 42.5 Å². The van der Waals surface area contributed by atoms with Gasteiger partial charge in [-0.25, -0.2) is 21.1 Å². The van der Waals surface area contributed by atoms with Gasteiger partial charge in [-0.15, -0.1) is 0 Å². The zero-order chi connectivity index (χ0) is 20.7. The number of hydrogen-bond acceptors (Lipinski definition) is 6. The molecule has 0 radical (unpaired) electrons. The number of nitrogens with one attached hydrogen (secondary N) is 1. The maximum absolute atomic E-state index is 12.6. The number of hydrogen-bond donors (Lipinski definition) is 1. The smallest absolute Gasteiger partial charge is 0.261 e. The second-order valence-electron chi connectivity index (χ2n) is 6.23. The van der Waals surface area contributed by atoms with E-state index in [1.165, 1.54) is 56.5 Å². The first-order chi connectivity index (χ1) is 13.0. The van der Waals surface area contributed by atoms with Gasteiger partial charge in [-0.1, -0.05) is 18.5 Å². The van der Waals surface area contributed by atoms with Crippen molar-refractivity contribution in [2.75, 3.05) is 21.9 Å². The van der Waals surface area contributed by atoms with Crippen LogP contribution in [0.2, 0.25) is 5.02 Å². The first-order valence-corrected chi connectivity index (χ1v) is 11.6. The fraction of sp³-hybridized carbons (Fsp3) is 0.235. The van der Waals surface area contributed by atoms with E-state index in [-0.39, 0.29) is 27.0 Å². The minimum atomic E-state index is -3.95. The average Bonchev–Trinajstić information content (AvgIpc) is 2.82. The molecule has 1 heterocycles. The number of carbonyl (C=O) groups excluding carboxylic acids is 1. The van der Waals surface area contributed by atoms with Gasteiger partial charge in [-0.2, -0.15) is 0 Å². The van der Waals surface area contributed by atoms with E-state index in [0.717, 1.165) is 0 Å². The number of halogens is 1. The van der Waals surface area contributed by atoms with Gasteiger partial charge in [0.25, 0.3) is 10.0 Å². The van der Waals surface area contributed by atoms with Crippen LogP contribution in [-0.4, -0.2) is 35.6 Å². The van der Waals surface area contributed by atoms with Crippen LogP contribution >= 0.6 is 11.6 Å². The van der Waals surface area contributed by atoms with Gasteiger partial charge in [-0.3, -0.25) is 9.52 Å². The van der Waals surface area contributed by atoms with Crippen LogP contribution in [0.25, 0.3) is 0 Å². The van der Waals surface area contributed by atoms with E-state index in [1.807, 2.05) is 0 Å². The molecule has 2 aromatic rings. The lowest BCUT2D eigenvalue weighted by Crippen LogP contribution is -2.30. The fourth-order valence-electron chi connectivity index (χ4n) is 2.79. The molecular weight excluding hydrogens is 428 g/mol. The molecule has 0 saturated carbocycles. The Morgan fingerprint density at radius 2 is 1.82 bits per heavy atom. The van der Waals surface area contributed by atoms with E-state index < -0.39 is 31.9 Å². The molecule has 0 bridgehead atoms. The highest BCUT2D eigenvalue weighted by atomic mass is 35.5. The highest BCUT2D eigenvalue weighted by Gasteiger charge is 2.41. The normalized spacial score (nSPS) is 18.9. The molecule has 1 N–H and O–H groups in total. The number of benzene rings is 2. The lowest BCUT2D eigenvalue weighted by molar-refractivity contribution is -0.119. The Kier molecular flexibility index (Phi) is 5.30. The molecule has 1 amide bonds. The summed E-state index contributed by atoms with van der Waals surface area (Å²) in [6, 6.07) is 9.44. The number of nitrogens with zero attached hydrogens (tertiary/aromatic N) is 1. The lowest BCUT2D eigenvalue weighted by atomic mass is 10.2. The number of methoxy groups -OCH3 is 1. The number of anilines is 2. The summed E-state index contributed by atoms with van der Waals surface area (Å²) in [5, 5.41) is 0.241. The van der Waals surface area contributed by atoms with Crippen LogP contribution in [0.3, 0.4) is 0 Å². The van der Waals surface area contributed by atoms with Gasteiger partial charge in [0, 0.05) is 0 Å². The first-order valence-electron chi connectivity index (χ1n) is 8.08. The van der Waals surface area contributed by atoms with Crippen molar-refractivity contribution in [3.05, 3.63) is 47.5 Å². The van der Waals surface area contributed by atoms with E-state index in [4.69, 9.17) is 16.3 Å². The third-order valence-electron chi connectivity index (χ3n) is 4.15. The number of amides is 1. The third kappa shape index (κ3) is 3.80. The second kappa shape index (κ2) is 7.26. The summed E-state index contributed by atoms with van der Waals surface area (Å²) in [4.78, 5) is 12.0. The van der Waals surface area contributed by atoms with Crippen LogP contribution in [0.5, 0.6) is 5.75 Å². The molecular formula is C17H17ClN2O6S2. The molecule has 1 saturated heterocycles. The van der Waals surface area contributed by atoms with E-state index >= 15 is 0 Å². The fourth-order valence-corrected chi connectivity index (χ4v) is 5.92. The minimum absolute atomic E-state index is 0.0970. The molecule has 1 aliphatic rings. The molecule has 1 atom stereocenters. The molecule has 0 aromatic heterocycles. The largest absolute Gasteiger partial charge is 0.495 e. The molecule has 0 aliphatic carbocycles. The minimum Gasteiger partial charge on any atom is -0.495 e. The number of carbonyl (C=O) groups is 1. The van der Waals surface area contributed by atoms with E-state index in [0.29, 0.717) is 10.1 Å². The van der Waals surface area contributed by atoms with Gasteiger partial charge in [0.1, 0.15) is 5.75 Å². The molecule has 150 valence electrons. The zero-order valence-electron chi connectivity index (χ0n) is 14.9. The maximum Gasteiger partial charge on any atom is 0.261 e. The van der Waals surface area contributed by atoms with Crippen molar-refractivity contribution < 1.29 is 26.4 Å². The lowest BCUT2D eigenvalue weighted by Gasteiger charge is -2.16. The summed E-state index contributed by atoms with van der Waals surface area (Å²) < 4.78 is 57.5. The maximum atomic E-state index is 12.6. The summed E-state index contributed by atoms with van der Waals surface area (Å²) in [6.07, 6.45) is 0. The summed E-state index contributed by atoms with van der Waals surface area (Å²) in [5.41, 5.74) is 0.335. The van der Waals surface area contributed by atoms with Gasteiger partial charge in [0.05, 0.1) is 40.1 Å². The number of sulfonamides is 2. The van der Waals surface area contributed by atoms with Gasteiger partial charge in [0.2, 0.25) is 15.9 Å². The van der Waals surface area contributed by atoms with E-state index in [2.05, 4.69) is 4.72 Å². The molecule has 28 heavy (non-hydrogen) atoms. The average molecular weight is 445 g/mol.